The number of likely N-dealkylation sites (N-methyl/N-ethyl adjacent to an activating group) is 1. The van der Waals surface area contributed by atoms with Gasteiger partial charge in [-0.25, -0.2) is 0 Å². The number of hydrogen-bond acceptors (Lipinski definition) is 3. The largest absolute Gasteiger partial charge is 0.354 e. The first-order valence-electron chi connectivity index (χ1n) is 8.78. The van der Waals surface area contributed by atoms with Gasteiger partial charge in [-0.3, -0.25) is 9.69 Å². The van der Waals surface area contributed by atoms with Crippen LogP contribution in [0.5, 0.6) is 0 Å². The van der Waals surface area contributed by atoms with Crippen molar-refractivity contribution in [1.29, 1.82) is 0 Å². The summed E-state index contributed by atoms with van der Waals surface area (Å²) in [7, 11) is 2.19. The molecule has 0 aromatic rings. The third kappa shape index (κ3) is 4.96. The van der Waals surface area contributed by atoms with Gasteiger partial charge in [0, 0.05) is 44.7 Å². The summed E-state index contributed by atoms with van der Waals surface area (Å²) < 4.78 is 0. The van der Waals surface area contributed by atoms with Gasteiger partial charge in [-0.05, 0) is 25.8 Å². The van der Waals surface area contributed by atoms with Crippen LogP contribution in [0.4, 0.5) is 0 Å². The van der Waals surface area contributed by atoms with Crippen LogP contribution in [-0.2, 0) is 4.79 Å². The highest BCUT2D eigenvalue weighted by atomic mass is 16.1. The molecular formula is C17H33N3O. The topological polar surface area (TPSA) is 35.6 Å². The molecule has 4 nitrogen and oxygen atoms in total. The Hall–Kier alpha value is -0.610. The molecular weight excluding hydrogens is 262 g/mol. The molecule has 2 rings (SSSR count). The molecule has 1 heterocycles. The highest BCUT2D eigenvalue weighted by Crippen LogP contribution is 2.23. The fourth-order valence-electron chi connectivity index (χ4n) is 3.65. The van der Waals surface area contributed by atoms with Crippen LogP contribution in [0, 0.1) is 11.8 Å². The number of nitrogens with one attached hydrogen (secondary N) is 1. The standard InChI is InChI=1S/C17H33N3O/c1-14(2)16(20-11-9-19(3)10-12-20)13-18-17(21)15-7-5-4-6-8-15/h14-16H,4-13H2,1-3H3,(H,18,21). The van der Waals surface area contributed by atoms with Gasteiger partial charge < -0.3 is 10.2 Å². The minimum Gasteiger partial charge on any atom is -0.354 e. The maximum absolute atomic E-state index is 12.3. The SMILES string of the molecule is CC(C)C(CNC(=O)C1CCCCC1)N1CCN(C)CC1. The summed E-state index contributed by atoms with van der Waals surface area (Å²) >= 11 is 0. The average Bonchev–Trinajstić information content (AvgIpc) is 2.49. The lowest BCUT2D eigenvalue weighted by Gasteiger charge is -2.40. The van der Waals surface area contributed by atoms with Crippen molar-refractivity contribution >= 4 is 5.91 Å². The minimum absolute atomic E-state index is 0.277. The number of carbonyl (C=O) groups is 1. The zero-order valence-electron chi connectivity index (χ0n) is 14.1. The van der Waals surface area contributed by atoms with Crippen LogP contribution < -0.4 is 5.32 Å². The predicted octanol–water partition coefficient (Wildman–Crippen LogP) is 1.95. The van der Waals surface area contributed by atoms with Crippen molar-refractivity contribution in [1.82, 2.24) is 15.1 Å². The first-order chi connectivity index (χ1) is 10.1. The molecule has 0 spiro atoms. The van der Waals surface area contributed by atoms with Crippen LogP contribution in [0.1, 0.15) is 46.0 Å². The van der Waals surface area contributed by atoms with Gasteiger partial charge in [-0.1, -0.05) is 33.1 Å². The summed E-state index contributed by atoms with van der Waals surface area (Å²) in [5.41, 5.74) is 0. The van der Waals surface area contributed by atoms with Crippen molar-refractivity contribution in [2.45, 2.75) is 52.0 Å². The quantitative estimate of drug-likeness (QED) is 0.842. The highest BCUT2D eigenvalue weighted by Gasteiger charge is 2.27. The van der Waals surface area contributed by atoms with Gasteiger partial charge in [0.25, 0.3) is 0 Å². The normalized spacial score (nSPS) is 24.2. The summed E-state index contributed by atoms with van der Waals surface area (Å²) in [5.74, 6) is 1.16. The second-order valence-corrected chi connectivity index (χ2v) is 7.23. The van der Waals surface area contributed by atoms with E-state index in [0.29, 0.717) is 17.9 Å². The monoisotopic (exact) mass is 295 g/mol. The molecule has 2 aliphatic rings. The van der Waals surface area contributed by atoms with Crippen LogP contribution >= 0.6 is 0 Å². The zero-order valence-corrected chi connectivity index (χ0v) is 14.1. The van der Waals surface area contributed by atoms with E-state index in [1.807, 2.05) is 0 Å². The van der Waals surface area contributed by atoms with Gasteiger partial charge in [-0.15, -0.1) is 0 Å². The average molecular weight is 295 g/mol. The third-order valence-electron chi connectivity index (χ3n) is 5.24. The molecule has 1 unspecified atom stereocenters. The molecule has 0 aromatic heterocycles. The van der Waals surface area contributed by atoms with Crippen LogP contribution in [-0.4, -0.2) is 61.5 Å². The lowest BCUT2D eigenvalue weighted by Crippen LogP contribution is -2.54. The number of amides is 1. The van der Waals surface area contributed by atoms with E-state index in [1.165, 1.54) is 19.3 Å². The summed E-state index contributed by atoms with van der Waals surface area (Å²) in [4.78, 5) is 17.3. The Morgan fingerprint density at radius 3 is 2.29 bits per heavy atom. The van der Waals surface area contributed by atoms with Crippen LogP contribution in [0.15, 0.2) is 0 Å². The van der Waals surface area contributed by atoms with E-state index in [-0.39, 0.29) is 5.92 Å². The fraction of sp³-hybridized carbons (Fsp3) is 0.941. The summed E-state index contributed by atoms with van der Waals surface area (Å²) in [6.45, 7) is 9.89. The number of hydrogen-bond donors (Lipinski definition) is 1. The molecule has 1 atom stereocenters. The zero-order chi connectivity index (χ0) is 15.2. The first-order valence-corrected chi connectivity index (χ1v) is 8.78. The van der Waals surface area contributed by atoms with E-state index in [4.69, 9.17) is 0 Å². The van der Waals surface area contributed by atoms with Crippen molar-refractivity contribution in [2.75, 3.05) is 39.8 Å². The van der Waals surface area contributed by atoms with E-state index < -0.39 is 0 Å². The number of piperazine rings is 1. The third-order valence-corrected chi connectivity index (χ3v) is 5.24. The maximum atomic E-state index is 12.3. The molecule has 0 bridgehead atoms. The number of carbonyl (C=O) groups excluding carboxylic acids is 1. The lowest BCUT2D eigenvalue weighted by molar-refractivity contribution is -0.126. The van der Waals surface area contributed by atoms with Crippen LogP contribution in [0.2, 0.25) is 0 Å². The number of rotatable bonds is 5. The smallest absolute Gasteiger partial charge is 0.223 e. The van der Waals surface area contributed by atoms with Crippen molar-refractivity contribution in [3.8, 4) is 0 Å². The molecule has 1 aliphatic carbocycles. The van der Waals surface area contributed by atoms with Gasteiger partial charge in [0.05, 0.1) is 0 Å². The Labute approximate surface area is 130 Å². The summed E-state index contributed by atoms with van der Waals surface area (Å²) in [6.07, 6.45) is 5.94. The van der Waals surface area contributed by atoms with Gasteiger partial charge in [0.2, 0.25) is 5.91 Å². The molecule has 21 heavy (non-hydrogen) atoms. The Kier molecular flexibility index (Phi) is 6.49. The van der Waals surface area contributed by atoms with Crippen molar-refractivity contribution in [2.24, 2.45) is 11.8 Å². The summed E-state index contributed by atoms with van der Waals surface area (Å²) in [6, 6.07) is 0.478. The Morgan fingerprint density at radius 1 is 1.10 bits per heavy atom. The second kappa shape index (κ2) is 8.14. The van der Waals surface area contributed by atoms with Crippen LogP contribution in [0.3, 0.4) is 0 Å². The molecule has 2 fully saturated rings. The fourth-order valence-corrected chi connectivity index (χ4v) is 3.65. The van der Waals surface area contributed by atoms with E-state index in [9.17, 15) is 4.79 Å². The van der Waals surface area contributed by atoms with Gasteiger partial charge in [-0.2, -0.15) is 0 Å². The van der Waals surface area contributed by atoms with Crippen molar-refractivity contribution in [3.05, 3.63) is 0 Å². The molecule has 1 saturated carbocycles. The molecule has 1 saturated heterocycles. The first kappa shape index (κ1) is 16.8. The Morgan fingerprint density at radius 2 is 1.71 bits per heavy atom. The molecule has 1 aliphatic heterocycles. The van der Waals surface area contributed by atoms with Gasteiger partial charge in [0.15, 0.2) is 0 Å². The number of nitrogens with zero attached hydrogens (tertiary/aromatic N) is 2. The Balaban J connectivity index is 1.80. The molecule has 0 radical (unpaired) electrons. The van der Waals surface area contributed by atoms with Crippen molar-refractivity contribution < 1.29 is 4.79 Å². The highest BCUT2D eigenvalue weighted by molar-refractivity contribution is 5.78. The lowest BCUT2D eigenvalue weighted by atomic mass is 9.88. The van der Waals surface area contributed by atoms with Gasteiger partial charge >= 0.3 is 0 Å². The van der Waals surface area contributed by atoms with Crippen molar-refractivity contribution in [3.63, 3.8) is 0 Å². The Bertz CT molecular complexity index is 318. The van der Waals surface area contributed by atoms with E-state index in [0.717, 1.165) is 45.6 Å². The van der Waals surface area contributed by atoms with Gasteiger partial charge in [0.1, 0.15) is 0 Å². The van der Waals surface area contributed by atoms with E-state index >= 15 is 0 Å². The molecule has 0 aromatic carbocycles. The molecule has 4 heteroatoms. The second-order valence-electron chi connectivity index (χ2n) is 7.23. The van der Waals surface area contributed by atoms with E-state index in [1.54, 1.807) is 0 Å². The molecule has 122 valence electrons. The minimum atomic E-state index is 0.277. The predicted molar refractivity (Wildman–Crippen MR) is 87.3 cm³/mol. The molecule has 1 N–H and O–H groups in total. The summed E-state index contributed by atoms with van der Waals surface area (Å²) in [5, 5.41) is 3.25. The van der Waals surface area contributed by atoms with E-state index in [2.05, 4.69) is 36.0 Å². The molecule has 1 amide bonds. The maximum Gasteiger partial charge on any atom is 0.223 e. The van der Waals surface area contributed by atoms with Crippen LogP contribution in [0.25, 0.3) is 0 Å².